The summed E-state index contributed by atoms with van der Waals surface area (Å²) in [5.41, 5.74) is 2.81. The van der Waals surface area contributed by atoms with Crippen molar-refractivity contribution in [2.24, 2.45) is 0 Å². The average molecular weight is 352 g/mol. The van der Waals surface area contributed by atoms with E-state index in [1.165, 1.54) is 18.4 Å². The number of hydrogen-bond donors (Lipinski definition) is 1. The van der Waals surface area contributed by atoms with Gasteiger partial charge in [0.15, 0.2) is 5.69 Å². The number of amides is 1. The predicted molar refractivity (Wildman–Crippen MR) is 98.2 cm³/mol. The van der Waals surface area contributed by atoms with Gasteiger partial charge in [0, 0.05) is 19.1 Å². The number of likely N-dealkylation sites (tertiary alicyclic amines) is 1. The molecule has 0 spiro atoms. The minimum atomic E-state index is -0.123. The van der Waals surface area contributed by atoms with Gasteiger partial charge in [-0.3, -0.25) is 9.69 Å². The molecule has 1 aromatic heterocycles. The van der Waals surface area contributed by atoms with Crippen molar-refractivity contribution in [3.63, 3.8) is 0 Å². The first kappa shape index (κ1) is 17.0. The van der Waals surface area contributed by atoms with E-state index in [1.807, 2.05) is 18.2 Å². The fourth-order valence-corrected chi connectivity index (χ4v) is 3.41. The van der Waals surface area contributed by atoms with Gasteiger partial charge >= 0.3 is 0 Å². The molecule has 1 atom stereocenters. The van der Waals surface area contributed by atoms with Crippen molar-refractivity contribution >= 4 is 5.91 Å². The number of hydrogen-bond acceptors (Lipinski definition) is 5. The van der Waals surface area contributed by atoms with Crippen molar-refractivity contribution in [2.45, 2.75) is 37.8 Å². The summed E-state index contributed by atoms with van der Waals surface area (Å²) < 4.78 is 5.21. The first-order valence-electron chi connectivity index (χ1n) is 9.15. The maximum absolute atomic E-state index is 12.4. The molecule has 1 aliphatic heterocycles. The lowest BCUT2D eigenvalue weighted by Crippen LogP contribution is -2.59. The number of aromatic nitrogens is 2. The zero-order valence-electron chi connectivity index (χ0n) is 15.2. The quantitative estimate of drug-likeness (QED) is 0.865. The van der Waals surface area contributed by atoms with Crippen LogP contribution in [0.2, 0.25) is 0 Å². The highest BCUT2D eigenvalue weighted by Crippen LogP contribution is 2.39. The van der Waals surface area contributed by atoms with Crippen molar-refractivity contribution in [3.05, 3.63) is 53.3 Å². The largest absolute Gasteiger partial charge is 0.497 e. The van der Waals surface area contributed by atoms with Crippen LogP contribution in [0, 0.1) is 0 Å². The molecule has 6 nitrogen and oxygen atoms in total. The topological polar surface area (TPSA) is 67.3 Å². The molecular formula is C20H24N4O2. The van der Waals surface area contributed by atoms with Crippen molar-refractivity contribution in [1.29, 1.82) is 0 Å². The molecule has 2 heterocycles. The number of methoxy groups -OCH3 is 1. The lowest BCUT2D eigenvalue weighted by atomic mass is 10.00. The summed E-state index contributed by atoms with van der Waals surface area (Å²) in [6, 6.07) is 10.5. The summed E-state index contributed by atoms with van der Waals surface area (Å²) >= 11 is 0. The highest BCUT2D eigenvalue weighted by molar-refractivity contribution is 5.92. The summed E-state index contributed by atoms with van der Waals surface area (Å²) in [7, 11) is 1.67. The molecule has 2 aromatic rings. The Hall–Kier alpha value is -2.47. The zero-order valence-corrected chi connectivity index (χ0v) is 15.2. The van der Waals surface area contributed by atoms with E-state index in [2.05, 4.69) is 39.5 Å². The van der Waals surface area contributed by atoms with Crippen LogP contribution in [-0.4, -0.2) is 47.2 Å². The predicted octanol–water partition coefficient (Wildman–Crippen LogP) is 2.54. The van der Waals surface area contributed by atoms with Gasteiger partial charge in [0.25, 0.3) is 5.91 Å². The molecule has 0 radical (unpaired) electrons. The van der Waals surface area contributed by atoms with Crippen LogP contribution in [0.3, 0.4) is 0 Å². The van der Waals surface area contributed by atoms with E-state index >= 15 is 0 Å². The Morgan fingerprint density at radius 2 is 2.00 bits per heavy atom. The summed E-state index contributed by atoms with van der Waals surface area (Å²) in [4.78, 5) is 14.8. The smallest absolute Gasteiger partial charge is 0.272 e. The lowest BCUT2D eigenvalue weighted by Gasteiger charge is -2.43. The van der Waals surface area contributed by atoms with Gasteiger partial charge in [-0.2, -0.15) is 5.10 Å². The fourth-order valence-electron chi connectivity index (χ4n) is 3.41. The molecule has 2 fully saturated rings. The number of rotatable bonds is 6. The Balaban J connectivity index is 1.30. The summed E-state index contributed by atoms with van der Waals surface area (Å²) in [6.07, 6.45) is 4.15. The van der Waals surface area contributed by atoms with E-state index in [0.717, 1.165) is 24.4 Å². The second-order valence-electron chi connectivity index (χ2n) is 7.22. The molecule has 1 unspecified atom stereocenters. The number of benzene rings is 1. The van der Waals surface area contributed by atoms with Crippen LogP contribution in [0.25, 0.3) is 0 Å². The van der Waals surface area contributed by atoms with Gasteiger partial charge in [0.2, 0.25) is 0 Å². The highest BCUT2D eigenvalue weighted by atomic mass is 16.5. The molecule has 2 aliphatic rings. The normalized spacial score (nSPS) is 18.8. The fraction of sp³-hybridized carbons (Fsp3) is 0.450. The van der Waals surface area contributed by atoms with Crippen LogP contribution in [-0.2, 0) is 0 Å². The van der Waals surface area contributed by atoms with E-state index < -0.39 is 0 Å². The van der Waals surface area contributed by atoms with E-state index in [0.29, 0.717) is 17.7 Å². The standard InChI is InChI=1S/C20H24N4O2/c1-13(14-5-7-18(26-2)8-6-14)24-11-17(12-24)22-20(25)19-9-16(10-21-23-19)15-3-4-15/h5-10,13,15,17H,3-4,11-12H2,1-2H3,(H,22,25). The van der Waals surface area contributed by atoms with Crippen LogP contribution in [0.15, 0.2) is 36.5 Å². The van der Waals surface area contributed by atoms with Crippen LogP contribution >= 0.6 is 0 Å². The summed E-state index contributed by atoms with van der Waals surface area (Å²) in [6.45, 7) is 3.87. The van der Waals surface area contributed by atoms with E-state index in [9.17, 15) is 4.79 Å². The molecule has 1 amide bonds. The molecule has 26 heavy (non-hydrogen) atoms. The van der Waals surface area contributed by atoms with E-state index in [-0.39, 0.29) is 11.9 Å². The molecular weight excluding hydrogens is 328 g/mol. The zero-order chi connectivity index (χ0) is 18.1. The first-order chi connectivity index (χ1) is 12.6. The van der Waals surface area contributed by atoms with Gasteiger partial charge in [-0.05, 0) is 55.0 Å². The Kier molecular flexibility index (Phi) is 4.59. The second kappa shape index (κ2) is 7.03. The van der Waals surface area contributed by atoms with E-state index in [1.54, 1.807) is 13.3 Å². The van der Waals surface area contributed by atoms with Crippen molar-refractivity contribution in [3.8, 4) is 5.75 Å². The maximum atomic E-state index is 12.4. The third-order valence-electron chi connectivity index (χ3n) is 5.35. The van der Waals surface area contributed by atoms with Crippen molar-refractivity contribution < 1.29 is 9.53 Å². The number of carbonyl (C=O) groups excluding carboxylic acids is 1. The van der Waals surface area contributed by atoms with Gasteiger partial charge in [-0.15, -0.1) is 5.10 Å². The SMILES string of the molecule is COc1ccc(C(C)N2CC(NC(=O)c3cc(C4CC4)cnn3)C2)cc1. The minimum absolute atomic E-state index is 0.123. The van der Waals surface area contributed by atoms with Crippen LogP contribution in [0.1, 0.15) is 53.3 Å². The van der Waals surface area contributed by atoms with Gasteiger partial charge in [0.1, 0.15) is 5.75 Å². The van der Waals surface area contributed by atoms with Crippen LogP contribution in [0.5, 0.6) is 5.75 Å². The molecule has 1 N–H and O–H groups in total. The van der Waals surface area contributed by atoms with Gasteiger partial charge in [0.05, 0.1) is 19.3 Å². The first-order valence-corrected chi connectivity index (χ1v) is 9.15. The van der Waals surface area contributed by atoms with Gasteiger partial charge in [-0.25, -0.2) is 0 Å². The van der Waals surface area contributed by atoms with Crippen LogP contribution < -0.4 is 10.1 Å². The van der Waals surface area contributed by atoms with Crippen molar-refractivity contribution in [2.75, 3.05) is 20.2 Å². The third-order valence-corrected chi connectivity index (χ3v) is 5.35. The minimum Gasteiger partial charge on any atom is -0.497 e. The average Bonchev–Trinajstić information content (AvgIpc) is 3.49. The summed E-state index contributed by atoms with van der Waals surface area (Å²) in [5.74, 6) is 1.31. The molecule has 1 saturated heterocycles. The number of nitrogens with one attached hydrogen (secondary N) is 1. The van der Waals surface area contributed by atoms with Crippen molar-refractivity contribution in [1.82, 2.24) is 20.4 Å². The van der Waals surface area contributed by atoms with Crippen LogP contribution in [0.4, 0.5) is 0 Å². The van der Waals surface area contributed by atoms with Gasteiger partial charge in [-0.1, -0.05) is 12.1 Å². The lowest BCUT2D eigenvalue weighted by molar-refractivity contribution is 0.0671. The highest BCUT2D eigenvalue weighted by Gasteiger charge is 2.32. The molecule has 4 rings (SSSR count). The van der Waals surface area contributed by atoms with E-state index in [4.69, 9.17) is 4.74 Å². The monoisotopic (exact) mass is 352 g/mol. The molecule has 1 aromatic carbocycles. The molecule has 1 aliphatic carbocycles. The second-order valence-corrected chi connectivity index (χ2v) is 7.22. The number of carbonyl (C=O) groups is 1. The molecule has 0 bridgehead atoms. The Labute approximate surface area is 153 Å². The Morgan fingerprint density at radius 3 is 2.65 bits per heavy atom. The van der Waals surface area contributed by atoms with Gasteiger partial charge < -0.3 is 10.1 Å². The molecule has 136 valence electrons. The number of nitrogens with zero attached hydrogens (tertiary/aromatic N) is 3. The third kappa shape index (κ3) is 3.55. The Bertz CT molecular complexity index is 783. The molecule has 1 saturated carbocycles. The Morgan fingerprint density at radius 1 is 1.27 bits per heavy atom. The number of ether oxygens (including phenoxy) is 1. The molecule has 6 heteroatoms. The maximum Gasteiger partial charge on any atom is 0.272 e. The summed E-state index contributed by atoms with van der Waals surface area (Å²) in [5, 5.41) is 11.0.